The summed E-state index contributed by atoms with van der Waals surface area (Å²) in [5, 5.41) is -0.667. The van der Waals surface area contributed by atoms with Crippen molar-refractivity contribution in [2.45, 2.75) is 25.5 Å². The van der Waals surface area contributed by atoms with E-state index in [4.69, 9.17) is 25.8 Å². The number of rotatable bonds is 8. The average molecular weight is 314 g/mol. The Labute approximate surface area is 117 Å². The molecule has 0 N–H and O–H groups in total. The largest absolute Gasteiger partial charge is 0.466 e. The molecule has 0 heterocycles. The van der Waals surface area contributed by atoms with Crippen LogP contribution in [0.5, 0.6) is 0 Å². The molecule has 0 fully saturated rings. The zero-order valence-electron chi connectivity index (χ0n) is 11.0. The van der Waals surface area contributed by atoms with Gasteiger partial charge in [-0.3, -0.25) is 9.59 Å². The van der Waals surface area contributed by atoms with Crippen molar-refractivity contribution < 1.29 is 23.6 Å². The molecular formula is C10H19O5PS2. The lowest BCUT2D eigenvalue weighted by atomic mass is 10.3. The molecule has 106 valence electrons. The topological polar surface area (TPSA) is 61.8 Å². The maximum Gasteiger partial charge on any atom is 0.320 e. The maximum absolute atomic E-state index is 11.7. The van der Waals surface area contributed by atoms with E-state index in [-0.39, 0.29) is 19.6 Å². The Hall–Kier alpha value is -0.100. The van der Waals surface area contributed by atoms with Crippen LogP contribution in [0.1, 0.15) is 20.3 Å². The Balaban J connectivity index is 4.67. The van der Waals surface area contributed by atoms with Crippen LogP contribution in [0.2, 0.25) is 0 Å². The van der Waals surface area contributed by atoms with Crippen molar-refractivity contribution in [2.75, 3.05) is 27.0 Å². The number of hydrogen-bond acceptors (Lipinski definition) is 7. The normalized spacial score (nSPS) is 15.6. The van der Waals surface area contributed by atoms with Crippen molar-refractivity contribution in [1.29, 1.82) is 0 Å². The van der Waals surface area contributed by atoms with Crippen LogP contribution in [0.15, 0.2) is 0 Å². The van der Waals surface area contributed by atoms with Gasteiger partial charge in [-0.25, -0.2) is 0 Å². The first-order chi connectivity index (χ1) is 8.36. The van der Waals surface area contributed by atoms with E-state index in [1.54, 1.807) is 20.5 Å². The first kappa shape index (κ1) is 17.9. The lowest BCUT2D eigenvalue weighted by molar-refractivity contribution is -0.149. The summed E-state index contributed by atoms with van der Waals surface area (Å²) >= 11 is 6.41. The molecule has 0 aliphatic heterocycles. The Kier molecular flexibility index (Phi) is 8.86. The molecule has 0 aromatic carbocycles. The summed E-state index contributed by atoms with van der Waals surface area (Å²) in [7, 11) is 1.50. The lowest BCUT2D eigenvalue weighted by Gasteiger charge is -2.20. The van der Waals surface area contributed by atoms with Crippen molar-refractivity contribution in [3.05, 3.63) is 0 Å². The lowest BCUT2D eigenvalue weighted by Crippen LogP contribution is -2.24. The third-order valence-corrected chi connectivity index (χ3v) is 7.10. The highest BCUT2D eigenvalue weighted by molar-refractivity contribution is 8.69. The standard InChI is InChI=1S/C10H19O5PS2/c1-5-14-9(11)7-8(10(12)15-6-2)18-16(4,17)13-3/h8H,5-7H2,1-4H3. The Morgan fingerprint density at radius 1 is 1.28 bits per heavy atom. The van der Waals surface area contributed by atoms with Gasteiger partial charge in [0, 0.05) is 7.11 Å². The molecule has 0 aromatic heterocycles. The van der Waals surface area contributed by atoms with Crippen molar-refractivity contribution in [3.8, 4) is 0 Å². The Bertz CT molecular complexity index is 334. The molecular weight excluding hydrogens is 295 g/mol. The molecule has 18 heavy (non-hydrogen) atoms. The van der Waals surface area contributed by atoms with Crippen LogP contribution >= 0.6 is 16.8 Å². The van der Waals surface area contributed by atoms with E-state index in [0.717, 1.165) is 0 Å². The van der Waals surface area contributed by atoms with Crippen LogP contribution < -0.4 is 0 Å². The van der Waals surface area contributed by atoms with E-state index in [1.807, 2.05) is 0 Å². The quantitative estimate of drug-likeness (QED) is 0.502. The van der Waals surface area contributed by atoms with Crippen LogP contribution in [-0.2, 0) is 35.4 Å². The Morgan fingerprint density at radius 3 is 2.28 bits per heavy atom. The summed E-state index contributed by atoms with van der Waals surface area (Å²) in [6.45, 7) is 5.72. The number of ether oxygens (including phenoxy) is 2. The molecule has 2 atom stereocenters. The second-order valence-electron chi connectivity index (χ2n) is 3.31. The van der Waals surface area contributed by atoms with Crippen LogP contribution in [0.4, 0.5) is 0 Å². The predicted octanol–water partition coefficient (Wildman–Crippen LogP) is 2.19. The number of carbonyl (C=O) groups is 2. The number of carbonyl (C=O) groups excluding carboxylic acids is 2. The first-order valence-corrected chi connectivity index (χ1v) is 10.1. The minimum Gasteiger partial charge on any atom is -0.466 e. The zero-order valence-corrected chi connectivity index (χ0v) is 13.5. The number of hydrogen-bond donors (Lipinski definition) is 0. The predicted molar refractivity (Wildman–Crippen MR) is 76.5 cm³/mol. The van der Waals surface area contributed by atoms with Crippen molar-refractivity contribution >= 4 is 40.6 Å². The van der Waals surface area contributed by atoms with Gasteiger partial charge in [0.15, 0.2) is 0 Å². The summed E-state index contributed by atoms with van der Waals surface area (Å²) in [4.78, 5) is 23.2. The highest BCUT2D eigenvalue weighted by atomic mass is 32.9. The summed E-state index contributed by atoms with van der Waals surface area (Å²) in [6.07, 6.45) is -0.0487. The van der Waals surface area contributed by atoms with Crippen molar-refractivity contribution in [2.24, 2.45) is 0 Å². The van der Waals surface area contributed by atoms with E-state index < -0.39 is 22.7 Å². The van der Waals surface area contributed by atoms with E-state index in [9.17, 15) is 9.59 Å². The van der Waals surface area contributed by atoms with Crippen LogP contribution in [-0.4, -0.2) is 44.2 Å². The third-order valence-electron chi connectivity index (χ3n) is 1.86. The zero-order chi connectivity index (χ0) is 14.2. The molecule has 2 unspecified atom stereocenters. The Morgan fingerprint density at radius 2 is 1.83 bits per heavy atom. The average Bonchev–Trinajstić information content (AvgIpc) is 2.28. The summed E-state index contributed by atoms with van der Waals surface area (Å²) in [5.41, 5.74) is -2.14. The van der Waals surface area contributed by atoms with E-state index in [2.05, 4.69) is 0 Å². The fraction of sp³-hybridized carbons (Fsp3) is 0.800. The van der Waals surface area contributed by atoms with Crippen LogP contribution in [0, 0.1) is 0 Å². The molecule has 5 nitrogen and oxygen atoms in total. The minimum atomic E-state index is -2.14. The van der Waals surface area contributed by atoms with E-state index in [1.165, 1.54) is 18.5 Å². The molecule has 0 radical (unpaired) electrons. The van der Waals surface area contributed by atoms with Gasteiger partial charge in [-0.2, -0.15) is 0 Å². The fourth-order valence-corrected chi connectivity index (χ4v) is 5.02. The molecule has 0 saturated carbocycles. The minimum absolute atomic E-state index is 0.0487. The molecule has 0 aromatic rings. The third kappa shape index (κ3) is 7.36. The first-order valence-electron chi connectivity index (χ1n) is 5.50. The summed E-state index contributed by atoms with van der Waals surface area (Å²) in [6, 6.07) is 0. The van der Waals surface area contributed by atoms with Gasteiger partial charge in [-0.1, -0.05) is 23.2 Å². The summed E-state index contributed by atoms with van der Waals surface area (Å²) in [5.74, 6) is -0.891. The molecule has 8 heteroatoms. The van der Waals surface area contributed by atoms with Crippen molar-refractivity contribution in [3.63, 3.8) is 0 Å². The van der Waals surface area contributed by atoms with Gasteiger partial charge in [-0.05, 0) is 20.5 Å². The molecule has 0 saturated heterocycles. The van der Waals surface area contributed by atoms with Gasteiger partial charge >= 0.3 is 11.9 Å². The van der Waals surface area contributed by atoms with Gasteiger partial charge < -0.3 is 14.0 Å². The van der Waals surface area contributed by atoms with Gasteiger partial charge in [0.25, 0.3) is 0 Å². The molecule has 0 amide bonds. The molecule has 0 aliphatic rings. The van der Waals surface area contributed by atoms with Crippen molar-refractivity contribution in [1.82, 2.24) is 0 Å². The molecule has 0 bridgehead atoms. The van der Waals surface area contributed by atoms with Crippen LogP contribution in [0.3, 0.4) is 0 Å². The van der Waals surface area contributed by atoms with E-state index in [0.29, 0.717) is 0 Å². The van der Waals surface area contributed by atoms with Gasteiger partial charge in [-0.15, -0.1) is 0 Å². The smallest absolute Gasteiger partial charge is 0.320 e. The van der Waals surface area contributed by atoms with Gasteiger partial charge in [0.05, 0.1) is 19.6 Å². The van der Waals surface area contributed by atoms with Gasteiger partial charge in [0.1, 0.15) is 10.7 Å². The molecule has 0 aliphatic carbocycles. The number of esters is 2. The monoisotopic (exact) mass is 314 g/mol. The second-order valence-corrected chi connectivity index (χ2v) is 11.5. The molecule has 0 rings (SSSR count). The van der Waals surface area contributed by atoms with Gasteiger partial charge in [0.2, 0.25) is 0 Å². The molecule has 0 spiro atoms. The SMILES string of the molecule is CCOC(=O)CC(SP(C)(=S)OC)C(=O)OCC. The highest BCUT2D eigenvalue weighted by Gasteiger charge is 2.29. The maximum atomic E-state index is 11.7. The second kappa shape index (κ2) is 8.91. The highest BCUT2D eigenvalue weighted by Crippen LogP contribution is 2.58. The fourth-order valence-electron chi connectivity index (χ4n) is 1.04. The summed E-state index contributed by atoms with van der Waals surface area (Å²) < 4.78 is 14.9. The van der Waals surface area contributed by atoms with Crippen LogP contribution in [0.25, 0.3) is 0 Å². The van der Waals surface area contributed by atoms with E-state index >= 15 is 0 Å².